The van der Waals surface area contributed by atoms with Crippen molar-refractivity contribution >= 4 is 22.7 Å². The molecule has 1 amide bonds. The van der Waals surface area contributed by atoms with Gasteiger partial charge in [0, 0.05) is 29.3 Å². The van der Waals surface area contributed by atoms with Crippen molar-refractivity contribution in [3.63, 3.8) is 0 Å². The molecule has 1 aliphatic carbocycles. The lowest BCUT2D eigenvalue weighted by atomic mass is 9.86. The maximum Gasteiger partial charge on any atom is 0.336 e. The van der Waals surface area contributed by atoms with Crippen LogP contribution in [0.3, 0.4) is 0 Å². The van der Waals surface area contributed by atoms with Gasteiger partial charge in [-0.1, -0.05) is 32.1 Å². The third-order valence-corrected chi connectivity index (χ3v) is 5.10. The SMILES string of the molecule is O=C(COc1ccc2ccc(=O)oc2c1)Nc1cc(CC2CCCCC2)[nH]n1. The first-order valence-electron chi connectivity index (χ1n) is 9.66. The second-order valence-corrected chi connectivity index (χ2v) is 7.28. The van der Waals surface area contributed by atoms with Gasteiger partial charge in [0.2, 0.25) is 0 Å². The van der Waals surface area contributed by atoms with E-state index < -0.39 is 5.63 Å². The molecule has 1 aromatic carbocycles. The highest BCUT2D eigenvalue weighted by Gasteiger charge is 2.15. The van der Waals surface area contributed by atoms with E-state index >= 15 is 0 Å². The fourth-order valence-electron chi connectivity index (χ4n) is 3.69. The van der Waals surface area contributed by atoms with Crippen LogP contribution in [0.2, 0.25) is 0 Å². The number of carbonyl (C=O) groups excluding carboxylic acids is 1. The Morgan fingerprint density at radius 1 is 1.18 bits per heavy atom. The molecule has 28 heavy (non-hydrogen) atoms. The van der Waals surface area contributed by atoms with Gasteiger partial charge in [0.15, 0.2) is 12.4 Å². The van der Waals surface area contributed by atoms with E-state index in [1.807, 2.05) is 6.07 Å². The number of aromatic nitrogens is 2. The Hall–Kier alpha value is -3.09. The van der Waals surface area contributed by atoms with E-state index in [9.17, 15) is 9.59 Å². The Bertz CT molecular complexity index is 1020. The van der Waals surface area contributed by atoms with Gasteiger partial charge in [-0.05, 0) is 30.5 Å². The summed E-state index contributed by atoms with van der Waals surface area (Å²) >= 11 is 0. The Balaban J connectivity index is 1.30. The highest BCUT2D eigenvalue weighted by Crippen LogP contribution is 2.26. The van der Waals surface area contributed by atoms with Crippen molar-refractivity contribution in [2.24, 2.45) is 5.92 Å². The highest BCUT2D eigenvalue weighted by atomic mass is 16.5. The average molecular weight is 381 g/mol. The molecule has 7 nitrogen and oxygen atoms in total. The first-order valence-corrected chi connectivity index (χ1v) is 9.66. The number of hydrogen-bond acceptors (Lipinski definition) is 5. The van der Waals surface area contributed by atoms with Gasteiger partial charge in [0.05, 0.1) is 0 Å². The van der Waals surface area contributed by atoms with Crippen molar-refractivity contribution in [3.8, 4) is 5.75 Å². The maximum absolute atomic E-state index is 12.1. The molecule has 0 spiro atoms. The topological polar surface area (TPSA) is 97.2 Å². The Morgan fingerprint density at radius 3 is 2.86 bits per heavy atom. The predicted molar refractivity (Wildman–Crippen MR) is 105 cm³/mol. The first kappa shape index (κ1) is 18.3. The summed E-state index contributed by atoms with van der Waals surface area (Å²) in [5.74, 6) is 1.36. The smallest absolute Gasteiger partial charge is 0.336 e. The van der Waals surface area contributed by atoms with Gasteiger partial charge in [0.1, 0.15) is 11.3 Å². The van der Waals surface area contributed by atoms with Crippen LogP contribution in [0.1, 0.15) is 37.8 Å². The van der Waals surface area contributed by atoms with Gasteiger partial charge in [0.25, 0.3) is 5.91 Å². The maximum atomic E-state index is 12.1. The van der Waals surface area contributed by atoms with Gasteiger partial charge in [-0.15, -0.1) is 0 Å². The summed E-state index contributed by atoms with van der Waals surface area (Å²) < 4.78 is 10.6. The van der Waals surface area contributed by atoms with Gasteiger partial charge >= 0.3 is 5.63 Å². The summed E-state index contributed by atoms with van der Waals surface area (Å²) in [5, 5.41) is 10.7. The lowest BCUT2D eigenvalue weighted by Gasteiger charge is -2.20. The van der Waals surface area contributed by atoms with Crippen LogP contribution in [0, 0.1) is 5.92 Å². The van der Waals surface area contributed by atoms with Crippen LogP contribution >= 0.6 is 0 Å². The van der Waals surface area contributed by atoms with E-state index in [1.54, 1.807) is 24.3 Å². The number of hydrogen-bond donors (Lipinski definition) is 2. The zero-order valence-corrected chi connectivity index (χ0v) is 15.6. The second kappa shape index (κ2) is 8.29. The largest absolute Gasteiger partial charge is 0.484 e. The number of rotatable bonds is 6. The molecule has 4 rings (SSSR count). The van der Waals surface area contributed by atoms with Crippen LogP contribution in [0.5, 0.6) is 5.75 Å². The Labute approximate surface area is 162 Å². The number of H-pyrrole nitrogens is 1. The monoisotopic (exact) mass is 381 g/mol. The lowest BCUT2D eigenvalue weighted by Crippen LogP contribution is -2.20. The third kappa shape index (κ3) is 4.60. The number of carbonyl (C=O) groups is 1. The lowest BCUT2D eigenvalue weighted by molar-refractivity contribution is -0.118. The fraction of sp³-hybridized carbons (Fsp3) is 0.381. The van der Waals surface area contributed by atoms with Crippen molar-refractivity contribution in [3.05, 3.63) is 52.5 Å². The minimum atomic E-state index is -0.426. The Kier molecular flexibility index (Phi) is 5.41. The first-order chi connectivity index (χ1) is 13.7. The molecule has 7 heteroatoms. The average Bonchev–Trinajstić information content (AvgIpc) is 3.13. The van der Waals surface area contributed by atoms with Crippen LogP contribution < -0.4 is 15.7 Å². The number of nitrogens with one attached hydrogen (secondary N) is 2. The minimum absolute atomic E-state index is 0.159. The molecule has 2 heterocycles. The zero-order chi connectivity index (χ0) is 19.3. The highest BCUT2D eigenvalue weighted by molar-refractivity contribution is 5.91. The van der Waals surface area contributed by atoms with Crippen molar-refractivity contribution < 1.29 is 13.9 Å². The summed E-state index contributed by atoms with van der Waals surface area (Å²) in [6, 6.07) is 10.0. The fourth-order valence-corrected chi connectivity index (χ4v) is 3.69. The summed E-state index contributed by atoms with van der Waals surface area (Å²) in [6.07, 6.45) is 7.45. The molecule has 1 fully saturated rings. The van der Waals surface area contributed by atoms with E-state index in [2.05, 4.69) is 15.5 Å². The van der Waals surface area contributed by atoms with Crippen LogP contribution in [0.15, 0.2) is 45.6 Å². The van der Waals surface area contributed by atoms with Crippen LogP contribution in [0.25, 0.3) is 11.0 Å². The second-order valence-electron chi connectivity index (χ2n) is 7.28. The molecule has 1 aliphatic rings. The van der Waals surface area contributed by atoms with Crippen molar-refractivity contribution in [1.82, 2.24) is 10.2 Å². The van der Waals surface area contributed by atoms with Gasteiger partial charge in [-0.3, -0.25) is 9.89 Å². The molecule has 0 radical (unpaired) electrons. The number of aromatic amines is 1. The summed E-state index contributed by atoms with van der Waals surface area (Å²) in [6.45, 7) is -0.159. The quantitative estimate of drug-likeness (QED) is 0.635. The van der Waals surface area contributed by atoms with Gasteiger partial charge in [-0.25, -0.2) is 4.79 Å². The molecule has 3 aromatic rings. The van der Waals surface area contributed by atoms with Gasteiger partial charge in [-0.2, -0.15) is 5.10 Å². The number of amides is 1. The molecule has 0 aliphatic heterocycles. The normalized spacial score (nSPS) is 14.9. The van der Waals surface area contributed by atoms with Crippen LogP contribution in [-0.4, -0.2) is 22.7 Å². The molecule has 0 saturated heterocycles. The standard InChI is InChI=1S/C21H23N3O4/c25-20(13-27-17-8-6-15-7-9-21(26)28-18(15)12-17)22-19-11-16(23-24-19)10-14-4-2-1-3-5-14/h6-9,11-12,14H,1-5,10,13H2,(H2,22,23,24,25). The van der Waals surface area contributed by atoms with Crippen molar-refractivity contribution in [2.45, 2.75) is 38.5 Å². The van der Waals surface area contributed by atoms with E-state index in [1.165, 1.54) is 38.2 Å². The molecule has 146 valence electrons. The Morgan fingerprint density at radius 2 is 2.00 bits per heavy atom. The van der Waals surface area contributed by atoms with E-state index in [0.29, 0.717) is 23.1 Å². The molecule has 0 atom stereocenters. The van der Waals surface area contributed by atoms with Crippen LogP contribution in [0.4, 0.5) is 5.82 Å². The third-order valence-electron chi connectivity index (χ3n) is 5.10. The van der Waals surface area contributed by atoms with E-state index in [0.717, 1.165) is 17.5 Å². The number of ether oxygens (including phenoxy) is 1. The molecule has 2 N–H and O–H groups in total. The molecular formula is C21H23N3O4. The summed E-state index contributed by atoms with van der Waals surface area (Å²) in [7, 11) is 0. The minimum Gasteiger partial charge on any atom is -0.484 e. The number of benzene rings is 1. The number of nitrogens with zero attached hydrogens (tertiary/aromatic N) is 1. The zero-order valence-electron chi connectivity index (χ0n) is 15.6. The van der Waals surface area contributed by atoms with Crippen molar-refractivity contribution in [1.29, 1.82) is 0 Å². The number of fused-ring (bicyclic) bond motifs is 1. The van der Waals surface area contributed by atoms with Gasteiger partial charge < -0.3 is 14.5 Å². The molecule has 0 bridgehead atoms. The van der Waals surface area contributed by atoms with E-state index in [4.69, 9.17) is 9.15 Å². The van der Waals surface area contributed by atoms with Crippen molar-refractivity contribution in [2.75, 3.05) is 11.9 Å². The van der Waals surface area contributed by atoms with E-state index in [-0.39, 0.29) is 12.5 Å². The summed E-state index contributed by atoms with van der Waals surface area (Å²) in [4.78, 5) is 23.4. The molecule has 0 unspecified atom stereocenters. The summed E-state index contributed by atoms with van der Waals surface area (Å²) in [5.41, 5.74) is 1.04. The van der Waals surface area contributed by atoms with Crippen LogP contribution in [-0.2, 0) is 11.2 Å². The molecule has 1 saturated carbocycles. The number of anilines is 1. The molecule has 2 aromatic heterocycles. The predicted octanol–water partition coefficient (Wildman–Crippen LogP) is 3.66. The molecular weight excluding hydrogens is 358 g/mol.